The number of fused-ring (bicyclic) bond motifs is 1. The van der Waals surface area contributed by atoms with Gasteiger partial charge in [0.05, 0.1) is 12.1 Å². The highest BCUT2D eigenvalue weighted by Crippen LogP contribution is 2.29. The molecule has 5 nitrogen and oxygen atoms in total. The number of rotatable bonds is 4. The third-order valence-corrected chi connectivity index (χ3v) is 3.81. The summed E-state index contributed by atoms with van der Waals surface area (Å²) in [5.41, 5.74) is 2.81. The molecule has 5 heteroatoms. The Hall–Kier alpha value is -2.82. The molecule has 0 unspecified atom stereocenters. The van der Waals surface area contributed by atoms with Gasteiger partial charge in [0.15, 0.2) is 6.10 Å². The zero-order chi connectivity index (χ0) is 16.2. The highest BCUT2D eigenvalue weighted by molar-refractivity contribution is 5.99. The van der Waals surface area contributed by atoms with E-state index < -0.39 is 6.10 Å². The summed E-state index contributed by atoms with van der Waals surface area (Å²) < 4.78 is 5.62. The highest BCUT2D eigenvalue weighted by atomic mass is 16.5. The quantitative estimate of drug-likeness (QED) is 0.911. The molecular weight excluding hydrogens is 292 g/mol. The Morgan fingerprint density at radius 1 is 1.17 bits per heavy atom. The Balaban J connectivity index is 1.58. The van der Waals surface area contributed by atoms with E-state index in [9.17, 15) is 9.59 Å². The summed E-state index contributed by atoms with van der Waals surface area (Å²) in [6.45, 7) is 2.44. The normalized spacial score (nSPS) is 16.0. The maximum atomic E-state index is 12.1. The fourth-order valence-electron chi connectivity index (χ4n) is 2.47. The minimum absolute atomic E-state index is 0.00789. The van der Waals surface area contributed by atoms with Gasteiger partial charge in [-0.25, -0.2) is 0 Å². The predicted molar refractivity (Wildman–Crippen MR) is 87.1 cm³/mol. The minimum atomic E-state index is -0.804. The summed E-state index contributed by atoms with van der Waals surface area (Å²) >= 11 is 0. The van der Waals surface area contributed by atoms with Gasteiger partial charge in [0.1, 0.15) is 5.75 Å². The number of nitrogens with one attached hydrogen (secondary N) is 2. The lowest BCUT2D eigenvalue weighted by Gasteiger charge is -2.25. The van der Waals surface area contributed by atoms with E-state index in [0.717, 1.165) is 11.1 Å². The van der Waals surface area contributed by atoms with Crippen molar-refractivity contribution in [3.8, 4) is 5.75 Å². The van der Waals surface area contributed by atoms with Crippen molar-refractivity contribution in [2.45, 2.75) is 26.0 Å². The Bertz CT molecular complexity index is 743. The molecule has 0 aromatic heterocycles. The summed E-state index contributed by atoms with van der Waals surface area (Å²) in [6, 6.07) is 15.0. The number of para-hydroxylation sites is 2. The molecule has 0 aliphatic carbocycles. The molecular formula is C18H18N2O3. The number of amides is 2. The van der Waals surface area contributed by atoms with Gasteiger partial charge in [0.25, 0.3) is 5.91 Å². The van der Waals surface area contributed by atoms with Gasteiger partial charge < -0.3 is 15.4 Å². The maximum absolute atomic E-state index is 12.1. The lowest BCUT2D eigenvalue weighted by atomic mass is 10.1. The van der Waals surface area contributed by atoms with Crippen LogP contribution in [0.2, 0.25) is 0 Å². The van der Waals surface area contributed by atoms with E-state index in [2.05, 4.69) is 10.6 Å². The van der Waals surface area contributed by atoms with Gasteiger partial charge in [0, 0.05) is 6.54 Å². The van der Waals surface area contributed by atoms with Crippen LogP contribution in [-0.4, -0.2) is 17.9 Å². The van der Waals surface area contributed by atoms with Crippen LogP contribution >= 0.6 is 0 Å². The molecule has 0 saturated carbocycles. The van der Waals surface area contributed by atoms with Crippen LogP contribution in [-0.2, 0) is 16.1 Å². The number of carbonyl (C=O) groups is 2. The van der Waals surface area contributed by atoms with Crippen molar-refractivity contribution in [3.63, 3.8) is 0 Å². The van der Waals surface area contributed by atoms with E-state index in [-0.39, 0.29) is 18.2 Å². The molecule has 23 heavy (non-hydrogen) atoms. The van der Waals surface area contributed by atoms with Crippen molar-refractivity contribution in [2.24, 2.45) is 0 Å². The van der Waals surface area contributed by atoms with Gasteiger partial charge in [-0.15, -0.1) is 0 Å². The van der Waals surface area contributed by atoms with E-state index in [4.69, 9.17) is 4.74 Å². The van der Waals surface area contributed by atoms with Crippen molar-refractivity contribution in [3.05, 3.63) is 59.7 Å². The van der Waals surface area contributed by atoms with E-state index in [1.165, 1.54) is 0 Å². The molecule has 3 rings (SSSR count). The second kappa shape index (κ2) is 6.52. The Kier molecular flexibility index (Phi) is 4.28. The number of anilines is 1. The molecule has 1 aliphatic rings. The Morgan fingerprint density at radius 3 is 2.74 bits per heavy atom. The van der Waals surface area contributed by atoms with Crippen LogP contribution in [0.25, 0.3) is 0 Å². The lowest BCUT2D eigenvalue weighted by molar-refractivity contribution is -0.130. The number of hydrogen-bond donors (Lipinski definition) is 2. The third-order valence-electron chi connectivity index (χ3n) is 3.81. The smallest absolute Gasteiger partial charge is 0.266 e. The van der Waals surface area contributed by atoms with Crippen molar-refractivity contribution in [1.29, 1.82) is 0 Å². The first-order chi connectivity index (χ1) is 11.1. The van der Waals surface area contributed by atoms with Crippen LogP contribution < -0.4 is 15.4 Å². The summed E-state index contributed by atoms with van der Waals surface area (Å²) in [4.78, 5) is 24.1. The Morgan fingerprint density at radius 2 is 1.91 bits per heavy atom. The highest BCUT2D eigenvalue weighted by Gasteiger charge is 2.29. The fraction of sp³-hybridized carbons (Fsp3) is 0.222. The first-order valence-corrected chi connectivity index (χ1v) is 7.51. The van der Waals surface area contributed by atoms with Gasteiger partial charge in [-0.1, -0.05) is 36.4 Å². The van der Waals surface area contributed by atoms with E-state index >= 15 is 0 Å². The number of ether oxygens (including phenoxy) is 1. The van der Waals surface area contributed by atoms with Gasteiger partial charge in [-0.2, -0.15) is 0 Å². The molecule has 0 bridgehead atoms. The number of benzene rings is 2. The topological polar surface area (TPSA) is 67.4 Å². The summed E-state index contributed by atoms with van der Waals surface area (Å²) in [5, 5.41) is 5.59. The first-order valence-electron chi connectivity index (χ1n) is 7.51. The zero-order valence-corrected chi connectivity index (χ0v) is 12.8. The van der Waals surface area contributed by atoms with Crippen LogP contribution in [0.15, 0.2) is 48.5 Å². The Labute approximate surface area is 134 Å². The average molecular weight is 310 g/mol. The van der Waals surface area contributed by atoms with Crippen molar-refractivity contribution < 1.29 is 14.3 Å². The van der Waals surface area contributed by atoms with Crippen LogP contribution in [0.4, 0.5) is 5.69 Å². The van der Waals surface area contributed by atoms with E-state index in [1.807, 2.05) is 43.3 Å². The van der Waals surface area contributed by atoms with Gasteiger partial charge in [-0.05, 0) is 30.2 Å². The second-order valence-corrected chi connectivity index (χ2v) is 5.50. The largest absolute Gasteiger partial charge is 0.478 e. The predicted octanol–water partition coefficient (Wildman–Crippen LogP) is 2.40. The first kappa shape index (κ1) is 15.1. The molecule has 2 N–H and O–H groups in total. The molecule has 0 spiro atoms. The van der Waals surface area contributed by atoms with Crippen molar-refractivity contribution >= 4 is 17.5 Å². The molecule has 0 saturated heterocycles. The van der Waals surface area contributed by atoms with Crippen LogP contribution in [0.1, 0.15) is 17.5 Å². The van der Waals surface area contributed by atoms with Crippen molar-refractivity contribution in [1.82, 2.24) is 5.32 Å². The molecule has 2 aromatic carbocycles. The zero-order valence-electron chi connectivity index (χ0n) is 12.8. The molecule has 1 atom stereocenters. The van der Waals surface area contributed by atoms with Crippen LogP contribution in [0.3, 0.4) is 0 Å². The average Bonchev–Trinajstić information content (AvgIpc) is 2.55. The SMILES string of the molecule is Cc1ccccc1CNC(=O)C[C@H]1Oc2ccccc2NC1=O. The summed E-state index contributed by atoms with van der Waals surface area (Å²) in [5.74, 6) is 0.0753. The molecule has 0 radical (unpaired) electrons. The van der Waals surface area contributed by atoms with E-state index in [0.29, 0.717) is 18.0 Å². The molecule has 0 fully saturated rings. The van der Waals surface area contributed by atoms with Crippen LogP contribution in [0.5, 0.6) is 5.75 Å². The van der Waals surface area contributed by atoms with Crippen molar-refractivity contribution in [2.75, 3.05) is 5.32 Å². The molecule has 2 aromatic rings. The molecule has 1 aliphatic heterocycles. The standard InChI is InChI=1S/C18H18N2O3/c1-12-6-2-3-7-13(12)11-19-17(21)10-16-18(22)20-14-8-4-5-9-15(14)23-16/h2-9,16H,10-11H2,1H3,(H,19,21)(H,20,22)/t16-/m1/s1. The number of carbonyl (C=O) groups excluding carboxylic acids is 2. The fourth-order valence-corrected chi connectivity index (χ4v) is 2.47. The molecule has 118 valence electrons. The lowest BCUT2D eigenvalue weighted by Crippen LogP contribution is -2.40. The summed E-state index contributed by atoms with van der Waals surface area (Å²) in [7, 11) is 0. The summed E-state index contributed by atoms with van der Waals surface area (Å²) in [6.07, 6.45) is -0.812. The van der Waals surface area contributed by atoms with Crippen LogP contribution in [0, 0.1) is 6.92 Å². The number of hydrogen-bond acceptors (Lipinski definition) is 3. The monoisotopic (exact) mass is 310 g/mol. The minimum Gasteiger partial charge on any atom is -0.478 e. The van der Waals surface area contributed by atoms with E-state index in [1.54, 1.807) is 12.1 Å². The second-order valence-electron chi connectivity index (χ2n) is 5.50. The number of aryl methyl sites for hydroxylation is 1. The third kappa shape index (κ3) is 3.51. The van der Waals surface area contributed by atoms with Gasteiger partial charge >= 0.3 is 0 Å². The van der Waals surface area contributed by atoms with Gasteiger partial charge in [-0.3, -0.25) is 9.59 Å². The maximum Gasteiger partial charge on any atom is 0.266 e. The molecule has 1 heterocycles. The van der Waals surface area contributed by atoms with Gasteiger partial charge in [0.2, 0.25) is 5.91 Å². The molecule has 2 amide bonds.